The van der Waals surface area contributed by atoms with E-state index in [4.69, 9.17) is 11.6 Å². The number of halogens is 1. The number of para-hydroxylation sites is 2. The fourth-order valence-electron chi connectivity index (χ4n) is 1.89. The first-order valence-corrected chi connectivity index (χ1v) is 6.64. The number of hydrazone groups is 1. The second kappa shape index (κ2) is 5.76. The molecule has 0 fully saturated rings. The molecule has 5 nitrogen and oxygen atoms in total. The lowest BCUT2D eigenvalue weighted by molar-refractivity contribution is 0.0955. The Morgan fingerprint density at radius 3 is 2.76 bits per heavy atom. The van der Waals surface area contributed by atoms with E-state index in [-0.39, 0.29) is 5.91 Å². The van der Waals surface area contributed by atoms with Gasteiger partial charge in [-0.1, -0.05) is 35.9 Å². The van der Waals surface area contributed by atoms with E-state index < -0.39 is 0 Å². The van der Waals surface area contributed by atoms with Crippen LogP contribution in [0.5, 0.6) is 0 Å². The van der Waals surface area contributed by atoms with E-state index in [1.54, 1.807) is 24.3 Å². The minimum atomic E-state index is -0.368. The van der Waals surface area contributed by atoms with Gasteiger partial charge in [-0.3, -0.25) is 4.79 Å². The van der Waals surface area contributed by atoms with E-state index in [9.17, 15) is 4.79 Å². The van der Waals surface area contributed by atoms with Crippen LogP contribution in [-0.2, 0) is 0 Å². The molecule has 0 bridgehead atoms. The molecule has 0 saturated carbocycles. The standard InChI is InChI=1S/C15H11ClN4O/c16-11-6-2-1-5-10(11)15(21)20-17-9-14-18-12-7-3-4-8-13(12)19-14/h1-9H,(H,18,19)(H,20,21). The summed E-state index contributed by atoms with van der Waals surface area (Å²) in [5, 5.41) is 4.26. The number of benzene rings is 2. The van der Waals surface area contributed by atoms with Crippen molar-refractivity contribution in [3.8, 4) is 0 Å². The molecule has 0 aliphatic heterocycles. The smallest absolute Gasteiger partial charge is 0.272 e. The van der Waals surface area contributed by atoms with Crippen LogP contribution in [0.15, 0.2) is 53.6 Å². The van der Waals surface area contributed by atoms with Gasteiger partial charge < -0.3 is 4.98 Å². The molecule has 0 spiro atoms. The number of aromatic amines is 1. The number of fused-ring (bicyclic) bond motifs is 1. The SMILES string of the molecule is O=C(NN=Cc1nc2ccccc2[nH]1)c1ccccc1Cl. The highest BCUT2D eigenvalue weighted by atomic mass is 35.5. The molecule has 0 aliphatic carbocycles. The molecule has 3 rings (SSSR count). The first-order valence-electron chi connectivity index (χ1n) is 6.27. The van der Waals surface area contributed by atoms with Gasteiger partial charge in [0.15, 0.2) is 5.82 Å². The summed E-state index contributed by atoms with van der Waals surface area (Å²) in [6.07, 6.45) is 1.45. The quantitative estimate of drug-likeness (QED) is 0.576. The monoisotopic (exact) mass is 298 g/mol. The predicted molar refractivity (Wildman–Crippen MR) is 82.6 cm³/mol. The van der Waals surface area contributed by atoms with Crippen molar-refractivity contribution in [1.82, 2.24) is 15.4 Å². The van der Waals surface area contributed by atoms with Crippen LogP contribution < -0.4 is 5.43 Å². The van der Waals surface area contributed by atoms with Gasteiger partial charge in [0.1, 0.15) is 0 Å². The average Bonchev–Trinajstić information content (AvgIpc) is 2.90. The van der Waals surface area contributed by atoms with Crippen molar-refractivity contribution in [2.24, 2.45) is 5.10 Å². The molecular weight excluding hydrogens is 288 g/mol. The van der Waals surface area contributed by atoms with Gasteiger partial charge in [0.2, 0.25) is 0 Å². The molecule has 0 radical (unpaired) electrons. The molecule has 2 aromatic carbocycles. The zero-order chi connectivity index (χ0) is 14.7. The number of hydrogen-bond donors (Lipinski definition) is 2. The van der Waals surface area contributed by atoms with Crippen LogP contribution in [0.4, 0.5) is 0 Å². The third-order valence-electron chi connectivity index (χ3n) is 2.88. The van der Waals surface area contributed by atoms with Crippen molar-refractivity contribution in [1.29, 1.82) is 0 Å². The number of hydrogen-bond acceptors (Lipinski definition) is 3. The van der Waals surface area contributed by atoms with Crippen LogP contribution in [0, 0.1) is 0 Å². The fraction of sp³-hybridized carbons (Fsp3) is 0. The highest BCUT2D eigenvalue weighted by molar-refractivity contribution is 6.33. The van der Waals surface area contributed by atoms with Gasteiger partial charge in [-0.25, -0.2) is 10.4 Å². The molecule has 1 amide bonds. The topological polar surface area (TPSA) is 70.1 Å². The minimum Gasteiger partial charge on any atom is -0.337 e. The summed E-state index contributed by atoms with van der Waals surface area (Å²) in [4.78, 5) is 19.3. The predicted octanol–water partition coefficient (Wildman–Crippen LogP) is 2.98. The van der Waals surface area contributed by atoms with Gasteiger partial charge in [-0.05, 0) is 24.3 Å². The van der Waals surface area contributed by atoms with Crippen molar-refractivity contribution in [3.05, 3.63) is 64.9 Å². The normalized spacial score (nSPS) is 11.1. The van der Waals surface area contributed by atoms with Gasteiger partial charge in [0.05, 0.1) is 27.8 Å². The number of nitrogens with zero attached hydrogens (tertiary/aromatic N) is 2. The highest BCUT2D eigenvalue weighted by Crippen LogP contribution is 2.14. The summed E-state index contributed by atoms with van der Waals surface area (Å²) < 4.78 is 0. The zero-order valence-electron chi connectivity index (χ0n) is 10.9. The van der Waals surface area contributed by atoms with E-state index >= 15 is 0 Å². The number of rotatable bonds is 3. The van der Waals surface area contributed by atoms with Gasteiger partial charge >= 0.3 is 0 Å². The number of amides is 1. The van der Waals surface area contributed by atoms with Gasteiger partial charge in [-0.15, -0.1) is 0 Å². The molecular formula is C15H11ClN4O. The second-order valence-electron chi connectivity index (χ2n) is 4.32. The van der Waals surface area contributed by atoms with Gasteiger partial charge in [0, 0.05) is 0 Å². The van der Waals surface area contributed by atoms with Gasteiger partial charge in [0.25, 0.3) is 5.91 Å². The number of carbonyl (C=O) groups is 1. The molecule has 0 saturated heterocycles. The number of aromatic nitrogens is 2. The van der Waals surface area contributed by atoms with Crippen molar-refractivity contribution < 1.29 is 4.79 Å². The Morgan fingerprint density at radius 1 is 1.19 bits per heavy atom. The zero-order valence-corrected chi connectivity index (χ0v) is 11.6. The second-order valence-corrected chi connectivity index (χ2v) is 4.73. The average molecular weight is 299 g/mol. The summed E-state index contributed by atoms with van der Waals surface area (Å²) in [6, 6.07) is 14.4. The van der Waals surface area contributed by atoms with Crippen LogP contribution in [-0.4, -0.2) is 22.1 Å². The summed E-state index contributed by atoms with van der Waals surface area (Å²) in [7, 11) is 0. The fourth-order valence-corrected chi connectivity index (χ4v) is 2.11. The molecule has 1 aromatic heterocycles. The maximum atomic E-state index is 11.9. The van der Waals surface area contributed by atoms with Gasteiger partial charge in [-0.2, -0.15) is 5.10 Å². The molecule has 0 atom stereocenters. The number of nitrogens with one attached hydrogen (secondary N) is 2. The maximum absolute atomic E-state index is 11.9. The summed E-state index contributed by atoms with van der Waals surface area (Å²) >= 11 is 5.94. The van der Waals surface area contributed by atoms with E-state index in [0.717, 1.165) is 11.0 Å². The summed E-state index contributed by atoms with van der Waals surface area (Å²) in [6.45, 7) is 0. The van der Waals surface area contributed by atoms with Crippen LogP contribution in [0.2, 0.25) is 5.02 Å². The first kappa shape index (κ1) is 13.3. The molecule has 3 aromatic rings. The molecule has 2 N–H and O–H groups in total. The summed E-state index contributed by atoms with van der Waals surface area (Å²) in [5.41, 5.74) is 4.55. The Labute approximate surface area is 125 Å². The Hall–Kier alpha value is -2.66. The van der Waals surface area contributed by atoms with Crippen LogP contribution in [0.25, 0.3) is 11.0 Å². The third kappa shape index (κ3) is 2.93. The van der Waals surface area contributed by atoms with E-state index in [2.05, 4.69) is 20.5 Å². The third-order valence-corrected chi connectivity index (χ3v) is 3.21. The van der Waals surface area contributed by atoms with Crippen LogP contribution in [0.3, 0.4) is 0 Å². The summed E-state index contributed by atoms with van der Waals surface area (Å²) in [5.74, 6) is 0.198. The Balaban J connectivity index is 1.72. The van der Waals surface area contributed by atoms with Crippen molar-refractivity contribution >= 4 is 34.8 Å². The van der Waals surface area contributed by atoms with Crippen molar-refractivity contribution in [3.63, 3.8) is 0 Å². The first-order chi connectivity index (χ1) is 10.2. The molecule has 0 unspecified atom stereocenters. The highest BCUT2D eigenvalue weighted by Gasteiger charge is 2.07. The Morgan fingerprint density at radius 2 is 1.95 bits per heavy atom. The lowest BCUT2D eigenvalue weighted by atomic mass is 10.2. The maximum Gasteiger partial charge on any atom is 0.272 e. The number of H-pyrrole nitrogens is 1. The molecule has 104 valence electrons. The van der Waals surface area contributed by atoms with Crippen LogP contribution >= 0.6 is 11.6 Å². The van der Waals surface area contributed by atoms with Crippen LogP contribution in [0.1, 0.15) is 16.2 Å². The molecule has 1 heterocycles. The van der Waals surface area contributed by atoms with Crippen molar-refractivity contribution in [2.75, 3.05) is 0 Å². The lowest BCUT2D eigenvalue weighted by Gasteiger charge is -2.00. The minimum absolute atomic E-state index is 0.368. The molecule has 21 heavy (non-hydrogen) atoms. The largest absolute Gasteiger partial charge is 0.337 e. The number of imidazole rings is 1. The van der Waals surface area contributed by atoms with E-state index in [1.807, 2.05) is 24.3 Å². The number of carbonyl (C=O) groups excluding carboxylic acids is 1. The van der Waals surface area contributed by atoms with Crippen molar-refractivity contribution in [2.45, 2.75) is 0 Å². The Bertz CT molecular complexity index is 792. The Kier molecular flexibility index (Phi) is 3.66. The lowest BCUT2D eigenvalue weighted by Crippen LogP contribution is -2.18. The van der Waals surface area contributed by atoms with E-state index in [0.29, 0.717) is 16.4 Å². The van der Waals surface area contributed by atoms with E-state index in [1.165, 1.54) is 6.21 Å². The molecule has 6 heteroatoms. The molecule has 0 aliphatic rings.